The van der Waals surface area contributed by atoms with E-state index in [0.29, 0.717) is 29.7 Å². The summed E-state index contributed by atoms with van der Waals surface area (Å²) >= 11 is 5.92. The molecule has 0 spiro atoms. The zero-order chi connectivity index (χ0) is 17.4. The second kappa shape index (κ2) is 6.33. The molecule has 5 nitrogen and oxygen atoms in total. The molecule has 1 unspecified atom stereocenters. The molecule has 2 aromatic carbocycles. The second-order valence-electron chi connectivity index (χ2n) is 6.21. The van der Waals surface area contributed by atoms with Crippen LogP contribution >= 0.6 is 11.6 Å². The van der Waals surface area contributed by atoms with E-state index in [0.717, 1.165) is 16.8 Å². The SMILES string of the molecule is Cc1cccc(-c2nc(C3CC(=O)N(c4ccc(Cl)cc4)C3)no2)c1. The number of benzene rings is 2. The van der Waals surface area contributed by atoms with Crippen LogP contribution in [0, 0.1) is 6.92 Å². The number of amides is 1. The summed E-state index contributed by atoms with van der Waals surface area (Å²) in [6.45, 7) is 2.55. The van der Waals surface area contributed by atoms with Crippen molar-refractivity contribution in [2.24, 2.45) is 0 Å². The van der Waals surface area contributed by atoms with Gasteiger partial charge in [-0.05, 0) is 43.3 Å². The lowest BCUT2D eigenvalue weighted by molar-refractivity contribution is -0.117. The van der Waals surface area contributed by atoms with Crippen molar-refractivity contribution in [1.82, 2.24) is 10.1 Å². The number of aryl methyl sites for hydroxylation is 1. The van der Waals surface area contributed by atoms with Gasteiger partial charge in [0.1, 0.15) is 0 Å². The van der Waals surface area contributed by atoms with Gasteiger partial charge in [-0.15, -0.1) is 0 Å². The van der Waals surface area contributed by atoms with E-state index in [1.165, 1.54) is 0 Å². The maximum atomic E-state index is 12.4. The predicted molar refractivity (Wildman–Crippen MR) is 95.6 cm³/mol. The lowest BCUT2D eigenvalue weighted by Crippen LogP contribution is -2.24. The smallest absolute Gasteiger partial charge is 0.257 e. The molecule has 1 aliphatic heterocycles. The van der Waals surface area contributed by atoms with Gasteiger partial charge in [-0.3, -0.25) is 4.79 Å². The van der Waals surface area contributed by atoms with E-state index in [1.54, 1.807) is 17.0 Å². The van der Waals surface area contributed by atoms with Crippen LogP contribution in [-0.4, -0.2) is 22.6 Å². The van der Waals surface area contributed by atoms with Crippen molar-refractivity contribution in [2.75, 3.05) is 11.4 Å². The van der Waals surface area contributed by atoms with Gasteiger partial charge in [0.15, 0.2) is 5.82 Å². The maximum absolute atomic E-state index is 12.4. The minimum absolute atomic E-state index is 0.0502. The zero-order valence-electron chi connectivity index (χ0n) is 13.6. The quantitative estimate of drug-likeness (QED) is 0.707. The zero-order valence-corrected chi connectivity index (χ0v) is 14.4. The number of halogens is 1. The first-order valence-corrected chi connectivity index (χ1v) is 8.44. The van der Waals surface area contributed by atoms with E-state index >= 15 is 0 Å². The third-order valence-electron chi connectivity index (χ3n) is 4.34. The fourth-order valence-corrected chi connectivity index (χ4v) is 3.17. The van der Waals surface area contributed by atoms with Crippen LogP contribution in [0.25, 0.3) is 11.5 Å². The van der Waals surface area contributed by atoms with Crippen LogP contribution in [0.4, 0.5) is 5.69 Å². The highest BCUT2D eigenvalue weighted by molar-refractivity contribution is 6.30. The van der Waals surface area contributed by atoms with Crippen molar-refractivity contribution in [3.8, 4) is 11.5 Å². The van der Waals surface area contributed by atoms with E-state index in [2.05, 4.69) is 10.1 Å². The van der Waals surface area contributed by atoms with Gasteiger partial charge < -0.3 is 9.42 Å². The third-order valence-corrected chi connectivity index (χ3v) is 4.59. The van der Waals surface area contributed by atoms with Gasteiger partial charge in [-0.2, -0.15) is 4.98 Å². The number of carbonyl (C=O) groups is 1. The van der Waals surface area contributed by atoms with Crippen LogP contribution in [0.2, 0.25) is 5.02 Å². The molecule has 0 aliphatic carbocycles. The average molecular weight is 354 g/mol. The highest BCUT2D eigenvalue weighted by atomic mass is 35.5. The fourth-order valence-electron chi connectivity index (χ4n) is 3.05. The molecule has 126 valence electrons. The molecule has 6 heteroatoms. The number of rotatable bonds is 3. The lowest BCUT2D eigenvalue weighted by Gasteiger charge is -2.16. The molecule has 1 fully saturated rings. The second-order valence-corrected chi connectivity index (χ2v) is 6.65. The minimum Gasteiger partial charge on any atom is -0.334 e. The number of nitrogens with zero attached hydrogens (tertiary/aromatic N) is 3. The molecule has 1 aliphatic rings. The van der Waals surface area contributed by atoms with E-state index < -0.39 is 0 Å². The summed E-state index contributed by atoms with van der Waals surface area (Å²) in [4.78, 5) is 18.6. The molecular formula is C19H16ClN3O2. The largest absolute Gasteiger partial charge is 0.334 e. The maximum Gasteiger partial charge on any atom is 0.257 e. The Morgan fingerprint density at radius 1 is 1.20 bits per heavy atom. The molecule has 1 saturated heterocycles. The Hall–Kier alpha value is -2.66. The topological polar surface area (TPSA) is 59.2 Å². The standard InChI is InChI=1S/C19H16ClN3O2/c1-12-3-2-4-13(9-12)19-21-18(22-25-19)14-10-17(24)23(11-14)16-7-5-15(20)6-8-16/h2-9,14H,10-11H2,1H3. The van der Waals surface area contributed by atoms with Gasteiger partial charge in [0.2, 0.25) is 5.91 Å². The van der Waals surface area contributed by atoms with Crippen LogP contribution in [0.5, 0.6) is 0 Å². The Labute approximate surface area is 150 Å². The molecule has 0 N–H and O–H groups in total. The van der Waals surface area contributed by atoms with Crippen LogP contribution in [0.15, 0.2) is 53.1 Å². The summed E-state index contributed by atoms with van der Waals surface area (Å²) in [6, 6.07) is 15.1. The molecular weight excluding hydrogens is 338 g/mol. The number of hydrogen-bond donors (Lipinski definition) is 0. The summed E-state index contributed by atoms with van der Waals surface area (Å²) in [6.07, 6.45) is 0.370. The molecule has 25 heavy (non-hydrogen) atoms. The Morgan fingerprint density at radius 2 is 2.00 bits per heavy atom. The highest BCUT2D eigenvalue weighted by Gasteiger charge is 2.34. The van der Waals surface area contributed by atoms with Crippen LogP contribution in [-0.2, 0) is 4.79 Å². The molecule has 0 saturated carbocycles. The Kier molecular flexibility index (Phi) is 4.01. The number of carbonyl (C=O) groups excluding carboxylic acids is 1. The van der Waals surface area contributed by atoms with E-state index in [9.17, 15) is 4.79 Å². The number of anilines is 1. The summed E-state index contributed by atoms with van der Waals surface area (Å²) in [5.41, 5.74) is 2.85. The molecule has 3 aromatic rings. The molecule has 1 aromatic heterocycles. The number of aromatic nitrogens is 2. The highest BCUT2D eigenvalue weighted by Crippen LogP contribution is 2.32. The number of hydrogen-bond acceptors (Lipinski definition) is 4. The molecule has 4 rings (SSSR count). The van der Waals surface area contributed by atoms with Crippen LogP contribution in [0.1, 0.15) is 23.7 Å². The molecule has 2 heterocycles. The summed E-state index contributed by atoms with van der Waals surface area (Å²) in [5, 5.41) is 4.74. The van der Waals surface area contributed by atoms with Crippen molar-refractivity contribution < 1.29 is 9.32 Å². The fraction of sp³-hybridized carbons (Fsp3) is 0.211. The van der Waals surface area contributed by atoms with Gasteiger partial charge >= 0.3 is 0 Å². The van der Waals surface area contributed by atoms with Gasteiger partial charge in [0.25, 0.3) is 5.89 Å². The Bertz CT molecular complexity index is 920. The van der Waals surface area contributed by atoms with Crippen molar-refractivity contribution in [1.29, 1.82) is 0 Å². The van der Waals surface area contributed by atoms with Crippen molar-refractivity contribution >= 4 is 23.2 Å². The monoisotopic (exact) mass is 353 g/mol. The summed E-state index contributed by atoms with van der Waals surface area (Å²) < 4.78 is 5.40. The third kappa shape index (κ3) is 3.15. The normalized spacial score (nSPS) is 17.3. The molecule has 1 atom stereocenters. The van der Waals surface area contributed by atoms with Crippen molar-refractivity contribution in [2.45, 2.75) is 19.3 Å². The summed E-state index contributed by atoms with van der Waals surface area (Å²) in [5.74, 6) is 1.03. The Balaban J connectivity index is 1.55. The van der Waals surface area contributed by atoms with Gasteiger partial charge in [0.05, 0.1) is 0 Å². The van der Waals surface area contributed by atoms with Crippen LogP contribution in [0.3, 0.4) is 0 Å². The predicted octanol–water partition coefficient (Wildman–Crippen LogP) is 4.22. The van der Waals surface area contributed by atoms with E-state index in [1.807, 2.05) is 43.3 Å². The van der Waals surface area contributed by atoms with E-state index in [-0.39, 0.29) is 11.8 Å². The lowest BCUT2D eigenvalue weighted by atomic mass is 10.1. The average Bonchev–Trinajstić information content (AvgIpc) is 3.23. The first-order valence-electron chi connectivity index (χ1n) is 8.07. The summed E-state index contributed by atoms with van der Waals surface area (Å²) in [7, 11) is 0. The molecule has 0 radical (unpaired) electrons. The molecule has 1 amide bonds. The minimum atomic E-state index is -0.0783. The van der Waals surface area contributed by atoms with Crippen molar-refractivity contribution in [3.63, 3.8) is 0 Å². The van der Waals surface area contributed by atoms with Crippen LogP contribution < -0.4 is 4.90 Å². The van der Waals surface area contributed by atoms with E-state index in [4.69, 9.17) is 16.1 Å². The van der Waals surface area contributed by atoms with Gasteiger partial charge in [-0.1, -0.05) is 34.5 Å². The van der Waals surface area contributed by atoms with Gasteiger partial charge in [0, 0.05) is 35.2 Å². The first-order chi connectivity index (χ1) is 12.1. The first kappa shape index (κ1) is 15.8. The van der Waals surface area contributed by atoms with Gasteiger partial charge in [-0.25, -0.2) is 0 Å². The molecule has 0 bridgehead atoms. The van der Waals surface area contributed by atoms with Crippen molar-refractivity contribution in [3.05, 3.63) is 64.9 Å². The Morgan fingerprint density at radius 3 is 2.76 bits per heavy atom.